The number of ether oxygens (including phenoxy) is 1. The van der Waals surface area contributed by atoms with E-state index < -0.39 is 0 Å². The largest absolute Gasteiger partial charge is 0.372 e. The first-order chi connectivity index (χ1) is 12.0. The Balaban J connectivity index is 1.62. The van der Waals surface area contributed by atoms with E-state index in [2.05, 4.69) is 4.98 Å². The van der Waals surface area contributed by atoms with Crippen LogP contribution in [0.1, 0.15) is 37.1 Å². The van der Waals surface area contributed by atoms with Crippen molar-refractivity contribution < 1.29 is 9.53 Å². The molecule has 7 heteroatoms. The molecule has 0 spiro atoms. The van der Waals surface area contributed by atoms with E-state index in [1.807, 2.05) is 13.8 Å². The summed E-state index contributed by atoms with van der Waals surface area (Å²) in [6.07, 6.45) is 5.86. The van der Waals surface area contributed by atoms with Gasteiger partial charge in [0.1, 0.15) is 11.4 Å². The van der Waals surface area contributed by atoms with E-state index in [1.165, 1.54) is 27.8 Å². The van der Waals surface area contributed by atoms with E-state index in [1.54, 1.807) is 16.2 Å². The third-order valence-corrected chi connectivity index (χ3v) is 6.22. The lowest BCUT2D eigenvalue weighted by Gasteiger charge is -2.35. The van der Waals surface area contributed by atoms with Crippen LogP contribution in [0.15, 0.2) is 11.1 Å². The monoisotopic (exact) mass is 361 g/mol. The molecule has 25 heavy (non-hydrogen) atoms. The summed E-state index contributed by atoms with van der Waals surface area (Å²) >= 11 is 1.63. The fourth-order valence-corrected chi connectivity index (χ4v) is 5.14. The number of hydrogen-bond donors (Lipinski definition) is 0. The lowest BCUT2D eigenvalue weighted by molar-refractivity contribution is -0.143. The van der Waals surface area contributed by atoms with Crippen molar-refractivity contribution in [3.63, 3.8) is 0 Å². The molecule has 0 bridgehead atoms. The summed E-state index contributed by atoms with van der Waals surface area (Å²) in [7, 11) is 0. The molecule has 2 aliphatic rings. The number of hydrogen-bond acceptors (Lipinski definition) is 5. The maximum absolute atomic E-state index is 12.9. The van der Waals surface area contributed by atoms with Gasteiger partial charge in [0, 0.05) is 18.0 Å². The topological polar surface area (TPSA) is 64.4 Å². The summed E-state index contributed by atoms with van der Waals surface area (Å²) in [5.41, 5.74) is 1.09. The zero-order chi connectivity index (χ0) is 17.6. The highest BCUT2D eigenvalue weighted by Crippen LogP contribution is 2.33. The van der Waals surface area contributed by atoms with Gasteiger partial charge < -0.3 is 9.64 Å². The average molecular weight is 361 g/mol. The fourth-order valence-electron chi connectivity index (χ4n) is 3.92. The minimum absolute atomic E-state index is 0.0221. The van der Waals surface area contributed by atoms with Crippen LogP contribution >= 0.6 is 11.3 Å². The fraction of sp³-hybridized carbons (Fsp3) is 0.611. The first-order valence-electron chi connectivity index (χ1n) is 8.96. The van der Waals surface area contributed by atoms with Gasteiger partial charge in [-0.25, -0.2) is 4.98 Å². The standard InChI is InChI=1S/C18H23N3O3S/c1-11-7-20(8-12(2)24-11)15(22)9-21-10-19-17-16(18(21)23)13-5-3-4-6-14(13)25-17/h10-12H,3-9H2,1-2H3/t11-,12-/m0/s1. The Labute approximate surface area is 150 Å². The maximum Gasteiger partial charge on any atom is 0.262 e. The molecule has 0 aromatic carbocycles. The highest BCUT2D eigenvalue weighted by atomic mass is 32.1. The van der Waals surface area contributed by atoms with Gasteiger partial charge >= 0.3 is 0 Å². The van der Waals surface area contributed by atoms with Gasteiger partial charge in [0.05, 0.1) is 23.9 Å². The quantitative estimate of drug-likeness (QED) is 0.820. The lowest BCUT2D eigenvalue weighted by atomic mass is 9.97. The second kappa shape index (κ2) is 6.53. The number of nitrogens with zero attached hydrogens (tertiary/aromatic N) is 3. The molecule has 1 aliphatic carbocycles. The molecule has 1 fully saturated rings. The number of carbonyl (C=O) groups is 1. The van der Waals surface area contributed by atoms with Crippen LogP contribution < -0.4 is 5.56 Å². The Morgan fingerprint density at radius 3 is 2.76 bits per heavy atom. The number of carbonyl (C=O) groups excluding carboxylic acids is 1. The van der Waals surface area contributed by atoms with E-state index in [0.717, 1.165) is 29.5 Å². The number of morpholine rings is 1. The van der Waals surface area contributed by atoms with Crippen molar-refractivity contribution in [2.75, 3.05) is 13.1 Å². The normalized spacial score (nSPS) is 23.7. The predicted molar refractivity (Wildman–Crippen MR) is 97.1 cm³/mol. The van der Waals surface area contributed by atoms with Crippen molar-refractivity contribution in [3.05, 3.63) is 27.1 Å². The van der Waals surface area contributed by atoms with Crippen LogP contribution in [0.5, 0.6) is 0 Å². The Morgan fingerprint density at radius 2 is 2.00 bits per heavy atom. The van der Waals surface area contributed by atoms with Gasteiger partial charge in [0.25, 0.3) is 5.56 Å². The van der Waals surface area contributed by atoms with Crippen LogP contribution in [0.4, 0.5) is 0 Å². The summed E-state index contributed by atoms with van der Waals surface area (Å²) in [4.78, 5) is 34.0. The van der Waals surface area contributed by atoms with Crippen molar-refractivity contribution in [1.82, 2.24) is 14.5 Å². The van der Waals surface area contributed by atoms with Crippen LogP contribution in [-0.2, 0) is 28.9 Å². The average Bonchev–Trinajstić information content (AvgIpc) is 2.95. The van der Waals surface area contributed by atoms with E-state index in [4.69, 9.17) is 4.74 Å². The maximum atomic E-state index is 12.9. The zero-order valence-electron chi connectivity index (χ0n) is 14.7. The summed E-state index contributed by atoms with van der Waals surface area (Å²) in [5, 5.41) is 0.735. The third kappa shape index (κ3) is 3.11. The highest BCUT2D eigenvalue weighted by Gasteiger charge is 2.27. The van der Waals surface area contributed by atoms with Gasteiger partial charge in [0.15, 0.2) is 0 Å². The first-order valence-corrected chi connectivity index (χ1v) is 9.77. The van der Waals surface area contributed by atoms with Crippen molar-refractivity contribution in [2.24, 2.45) is 0 Å². The van der Waals surface area contributed by atoms with E-state index in [-0.39, 0.29) is 30.2 Å². The van der Waals surface area contributed by atoms with Gasteiger partial charge in [-0.3, -0.25) is 14.2 Å². The Bertz CT molecular complexity index is 862. The van der Waals surface area contributed by atoms with Crippen molar-refractivity contribution in [3.8, 4) is 0 Å². The van der Waals surface area contributed by atoms with Crippen molar-refractivity contribution >= 4 is 27.5 Å². The van der Waals surface area contributed by atoms with Crippen molar-refractivity contribution in [1.29, 1.82) is 0 Å². The third-order valence-electron chi connectivity index (χ3n) is 5.02. The molecule has 1 amide bonds. The second-order valence-corrected chi connectivity index (χ2v) is 8.21. The number of aromatic nitrogens is 2. The molecule has 0 radical (unpaired) electrons. The van der Waals surface area contributed by atoms with Crippen LogP contribution in [0.2, 0.25) is 0 Å². The summed E-state index contributed by atoms with van der Waals surface area (Å²) in [6.45, 7) is 5.12. The molecule has 4 rings (SSSR count). The number of amides is 1. The number of aryl methyl sites for hydroxylation is 2. The van der Waals surface area contributed by atoms with Gasteiger partial charge in [-0.15, -0.1) is 11.3 Å². The van der Waals surface area contributed by atoms with Crippen molar-refractivity contribution in [2.45, 2.75) is 58.3 Å². The molecule has 1 saturated heterocycles. The molecule has 2 atom stereocenters. The van der Waals surface area contributed by atoms with Gasteiger partial charge in [0.2, 0.25) is 5.91 Å². The minimum Gasteiger partial charge on any atom is -0.372 e. The summed E-state index contributed by atoms with van der Waals surface area (Å²) in [5.74, 6) is -0.0469. The molecular formula is C18H23N3O3S. The van der Waals surface area contributed by atoms with Crippen LogP contribution in [0, 0.1) is 0 Å². The molecule has 0 unspecified atom stereocenters. The highest BCUT2D eigenvalue weighted by molar-refractivity contribution is 7.18. The minimum atomic E-state index is -0.0768. The smallest absolute Gasteiger partial charge is 0.262 e. The lowest BCUT2D eigenvalue weighted by Crippen LogP contribution is -2.49. The molecule has 0 N–H and O–H groups in total. The van der Waals surface area contributed by atoms with Gasteiger partial charge in [-0.1, -0.05) is 0 Å². The summed E-state index contributed by atoms with van der Waals surface area (Å²) < 4.78 is 7.15. The van der Waals surface area contributed by atoms with Crippen LogP contribution in [0.25, 0.3) is 10.2 Å². The summed E-state index contributed by atoms with van der Waals surface area (Å²) in [6, 6.07) is 0. The molecule has 2 aromatic rings. The Kier molecular flexibility index (Phi) is 4.37. The molecular weight excluding hydrogens is 338 g/mol. The zero-order valence-corrected chi connectivity index (χ0v) is 15.5. The Hall–Kier alpha value is -1.73. The van der Waals surface area contributed by atoms with Gasteiger partial charge in [-0.2, -0.15) is 0 Å². The second-order valence-electron chi connectivity index (χ2n) is 7.12. The SMILES string of the molecule is C[C@H]1CN(C(=O)Cn2cnc3sc4c(c3c2=O)CCCC4)C[C@H](C)O1. The number of thiophene rings is 1. The van der Waals surface area contributed by atoms with E-state index >= 15 is 0 Å². The first kappa shape index (κ1) is 16.7. The number of fused-ring (bicyclic) bond motifs is 3. The van der Waals surface area contributed by atoms with Gasteiger partial charge in [-0.05, 0) is 45.1 Å². The molecule has 1 aliphatic heterocycles. The molecule has 2 aromatic heterocycles. The predicted octanol–water partition coefficient (Wildman–Crippen LogP) is 1.97. The molecule has 6 nitrogen and oxygen atoms in total. The molecule has 0 saturated carbocycles. The molecule has 134 valence electrons. The molecule has 3 heterocycles. The van der Waals surface area contributed by atoms with Crippen LogP contribution in [-0.4, -0.2) is 45.7 Å². The van der Waals surface area contributed by atoms with E-state index in [9.17, 15) is 9.59 Å². The number of rotatable bonds is 2. The Morgan fingerprint density at radius 1 is 1.28 bits per heavy atom. The van der Waals surface area contributed by atoms with E-state index in [0.29, 0.717) is 13.1 Å². The van der Waals surface area contributed by atoms with Crippen LogP contribution in [0.3, 0.4) is 0 Å².